The first kappa shape index (κ1) is 19.3. The van der Waals surface area contributed by atoms with Crippen LogP contribution >= 0.6 is 11.8 Å². The SMILES string of the molecule is CCc1[nH]n2c(=O)cc(CSc3ccc(C)cc3)nc2c1-c1ccccc1OC. The molecule has 0 radical (unpaired) electrons. The summed E-state index contributed by atoms with van der Waals surface area (Å²) >= 11 is 1.68. The van der Waals surface area contributed by atoms with Crippen molar-refractivity contribution in [3.8, 4) is 16.9 Å². The fourth-order valence-electron chi connectivity index (χ4n) is 3.39. The minimum atomic E-state index is -0.106. The molecule has 0 bridgehead atoms. The molecule has 0 aliphatic heterocycles. The van der Waals surface area contributed by atoms with Gasteiger partial charge in [-0.3, -0.25) is 9.89 Å². The van der Waals surface area contributed by atoms with Crippen molar-refractivity contribution in [3.05, 3.63) is 81.9 Å². The number of fused-ring (bicyclic) bond motifs is 1. The van der Waals surface area contributed by atoms with Gasteiger partial charge in [0.1, 0.15) is 5.75 Å². The maximum absolute atomic E-state index is 12.8. The van der Waals surface area contributed by atoms with Crippen LogP contribution in [0.4, 0.5) is 0 Å². The molecule has 0 saturated heterocycles. The Balaban J connectivity index is 1.79. The second kappa shape index (κ2) is 8.17. The first-order chi connectivity index (χ1) is 14.1. The van der Waals surface area contributed by atoms with E-state index >= 15 is 0 Å². The maximum atomic E-state index is 12.8. The zero-order valence-corrected chi connectivity index (χ0v) is 17.5. The molecule has 148 valence electrons. The van der Waals surface area contributed by atoms with E-state index in [2.05, 4.69) is 43.2 Å². The van der Waals surface area contributed by atoms with Crippen LogP contribution in [-0.4, -0.2) is 21.7 Å². The number of aryl methyl sites for hydroxylation is 2. The van der Waals surface area contributed by atoms with E-state index in [0.29, 0.717) is 11.4 Å². The van der Waals surface area contributed by atoms with E-state index in [1.807, 2.05) is 24.3 Å². The highest BCUT2D eigenvalue weighted by atomic mass is 32.2. The second-order valence-corrected chi connectivity index (χ2v) is 7.91. The number of thioether (sulfide) groups is 1. The Kier molecular flexibility index (Phi) is 5.45. The van der Waals surface area contributed by atoms with E-state index in [0.717, 1.165) is 39.6 Å². The molecule has 0 aliphatic carbocycles. The average Bonchev–Trinajstić information content (AvgIpc) is 3.12. The number of hydrogen-bond donors (Lipinski definition) is 1. The molecule has 0 saturated carbocycles. The lowest BCUT2D eigenvalue weighted by Gasteiger charge is -2.09. The second-order valence-electron chi connectivity index (χ2n) is 6.87. The summed E-state index contributed by atoms with van der Waals surface area (Å²) in [5.41, 5.74) is 5.34. The quantitative estimate of drug-likeness (QED) is 0.465. The van der Waals surface area contributed by atoms with Gasteiger partial charge in [0.2, 0.25) is 0 Å². The predicted molar refractivity (Wildman–Crippen MR) is 118 cm³/mol. The molecule has 4 aromatic rings. The number of aromatic amines is 1. The molecule has 1 N–H and O–H groups in total. The van der Waals surface area contributed by atoms with Crippen molar-refractivity contribution in [3.63, 3.8) is 0 Å². The van der Waals surface area contributed by atoms with Gasteiger partial charge >= 0.3 is 0 Å². The number of nitrogens with zero attached hydrogens (tertiary/aromatic N) is 2. The van der Waals surface area contributed by atoms with Gasteiger partial charge in [-0.25, -0.2) is 9.50 Å². The van der Waals surface area contributed by atoms with E-state index in [1.165, 1.54) is 10.1 Å². The molecule has 0 fully saturated rings. The van der Waals surface area contributed by atoms with E-state index in [9.17, 15) is 4.79 Å². The Labute approximate surface area is 173 Å². The van der Waals surface area contributed by atoms with Gasteiger partial charge < -0.3 is 4.74 Å². The van der Waals surface area contributed by atoms with Crippen LogP contribution < -0.4 is 10.3 Å². The monoisotopic (exact) mass is 405 g/mol. The number of H-pyrrole nitrogens is 1. The molecule has 0 unspecified atom stereocenters. The van der Waals surface area contributed by atoms with Gasteiger partial charge in [-0.1, -0.05) is 42.8 Å². The summed E-state index contributed by atoms with van der Waals surface area (Å²) in [6, 6.07) is 17.8. The number of ether oxygens (including phenoxy) is 1. The Morgan fingerprint density at radius 1 is 1.14 bits per heavy atom. The van der Waals surface area contributed by atoms with Gasteiger partial charge in [-0.05, 0) is 31.5 Å². The standard InChI is InChI=1S/C23H23N3O2S/c1-4-19-22(18-7-5-6-8-20(18)28-3)23-24-16(13-21(27)26(23)25-19)14-29-17-11-9-15(2)10-12-17/h5-13,25H,4,14H2,1-3H3. The van der Waals surface area contributed by atoms with Crippen molar-refractivity contribution in [2.24, 2.45) is 0 Å². The normalized spacial score (nSPS) is 11.1. The van der Waals surface area contributed by atoms with Crippen LogP contribution in [0.2, 0.25) is 0 Å². The maximum Gasteiger partial charge on any atom is 0.272 e. The summed E-state index contributed by atoms with van der Waals surface area (Å²) in [6.45, 7) is 4.13. The molecule has 29 heavy (non-hydrogen) atoms. The van der Waals surface area contributed by atoms with Gasteiger partial charge in [-0.15, -0.1) is 11.8 Å². The molecule has 0 amide bonds. The molecule has 2 aromatic carbocycles. The fourth-order valence-corrected chi connectivity index (χ4v) is 4.18. The zero-order chi connectivity index (χ0) is 20.4. The van der Waals surface area contributed by atoms with Crippen LogP contribution in [0, 0.1) is 6.92 Å². The lowest BCUT2D eigenvalue weighted by molar-refractivity contribution is 0.416. The molecule has 2 heterocycles. The number of benzene rings is 2. The molecule has 2 aromatic heterocycles. The highest BCUT2D eigenvalue weighted by Gasteiger charge is 2.19. The lowest BCUT2D eigenvalue weighted by atomic mass is 10.0. The van der Waals surface area contributed by atoms with Crippen molar-refractivity contribution < 1.29 is 4.74 Å². The minimum Gasteiger partial charge on any atom is -0.496 e. The Morgan fingerprint density at radius 3 is 2.62 bits per heavy atom. The Bertz CT molecular complexity index is 1210. The van der Waals surface area contributed by atoms with Gasteiger partial charge in [0.25, 0.3) is 5.56 Å². The molecule has 0 atom stereocenters. The molecule has 5 nitrogen and oxygen atoms in total. The van der Waals surface area contributed by atoms with Gasteiger partial charge in [0.15, 0.2) is 5.65 Å². The minimum absolute atomic E-state index is 0.106. The fraction of sp³-hybridized carbons (Fsp3) is 0.217. The first-order valence-corrected chi connectivity index (χ1v) is 10.6. The van der Waals surface area contributed by atoms with Gasteiger partial charge in [0, 0.05) is 28.0 Å². The zero-order valence-electron chi connectivity index (χ0n) is 16.7. The summed E-state index contributed by atoms with van der Waals surface area (Å²) in [5.74, 6) is 1.39. The van der Waals surface area contributed by atoms with Crippen LogP contribution in [-0.2, 0) is 12.2 Å². The van der Waals surface area contributed by atoms with E-state index in [-0.39, 0.29) is 5.56 Å². The largest absolute Gasteiger partial charge is 0.496 e. The highest BCUT2D eigenvalue weighted by molar-refractivity contribution is 7.98. The van der Waals surface area contributed by atoms with Crippen molar-refractivity contribution in [1.82, 2.24) is 14.6 Å². The third-order valence-corrected chi connectivity index (χ3v) is 5.93. The predicted octanol–water partition coefficient (Wildman–Crippen LogP) is 4.86. The Morgan fingerprint density at radius 2 is 1.90 bits per heavy atom. The number of para-hydroxylation sites is 1. The highest BCUT2D eigenvalue weighted by Crippen LogP contribution is 2.34. The topological polar surface area (TPSA) is 59.4 Å². The van der Waals surface area contributed by atoms with Crippen molar-refractivity contribution in [2.75, 3.05) is 7.11 Å². The first-order valence-electron chi connectivity index (χ1n) is 9.57. The third kappa shape index (κ3) is 3.80. The van der Waals surface area contributed by atoms with E-state index in [1.54, 1.807) is 24.9 Å². The van der Waals surface area contributed by atoms with Crippen molar-refractivity contribution in [1.29, 1.82) is 0 Å². The number of hydrogen-bond acceptors (Lipinski definition) is 4. The molecule has 6 heteroatoms. The molecule has 0 aliphatic rings. The number of methoxy groups -OCH3 is 1. The summed E-state index contributed by atoms with van der Waals surface area (Å²) in [4.78, 5) is 18.8. The summed E-state index contributed by atoms with van der Waals surface area (Å²) in [7, 11) is 1.66. The van der Waals surface area contributed by atoms with Crippen LogP contribution in [0.1, 0.15) is 23.9 Å². The lowest BCUT2D eigenvalue weighted by Crippen LogP contribution is -2.15. The summed E-state index contributed by atoms with van der Waals surface area (Å²) < 4.78 is 7.09. The summed E-state index contributed by atoms with van der Waals surface area (Å²) in [5, 5.41) is 3.22. The van der Waals surface area contributed by atoms with Crippen LogP contribution in [0.15, 0.2) is 64.3 Å². The third-order valence-electron chi connectivity index (χ3n) is 4.88. The van der Waals surface area contributed by atoms with Gasteiger partial charge in [-0.2, -0.15) is 0 Å². The van der Waals surface area contributed by atoms with E-state index in [4.69, 9.17) is 9.72 Å². The van der Waals surface area contributed by atoms with Crippen molar-refractivity contribution in [2.45, 2.75) is 30.9 Å². The Hall–Kier alpha value is -2.99. The van der Waals surface area contributed by atoms with Crippen molar-refractivity contribution >= 4 is 17.4 Å². The number of nitrogens with one attached hydrogen (secondary N) is 1. The van der Waals surface area contributed by atoms with E-state index < -0.39 is 0 Å². The summed E-state index contributed by atoms with van der Waals surface area (Å²) in [6.07, 6.45) is 0.754. The molecular weight excluding hydrogens is 382 g/mol. The molecule has 0 spiro atoms. The van der Waals surface area contributed by atoms with Crippen LogP contribution in [0.5, 0.6) is 5.75 Å². The van der Waals surface area contributed by atoms with Crippen LogP contribution in [0.25, 0.3) is 16.8 Å². The van der Waals surface area contributed by atoms with Gasteiger partial charge in [0.05, 0.1) is 18.4 Å². The number of aromatic nitrogens is 3. The molecular formula is C23H23N3O2S. The smallest absolute Gasteiger partial charge is 0.272 e. The molecule has 4 rings (SSSR count). The number of rotatable bonds is 6. The average molecular weight is 406 g/mol. The van der Waals surface area contributed by atoms with Crippen LogP contribution in [0.3, 0.4) is 0 Å².